The highest BCUT2D eigenvalue weighted by Crippen LogP contribution is 2.32. The van der Waals surface area contributed by atoms with E-state index in [0.717, 1.165) is 11.5 Å². The van der Waals surface area contributed by atoms with E-state index >= 15 is 0 Å². The van der Waals surface area contributed by atoms with Crippen LogP contribution in [-0.4, -0.2) is 0 Å². The minimum atomic E-state index is 0.889. The number of hydrogen-bond donors (Lipinski definition) is 0. The molecule has 1 heteroatoms. The van der Waals surface area contributed by atoms with Gasteiger partial charge in [0.05, 0.1) is 0 Å². The Morgan fingerprint density at radius 1 is 0.632 bits per heavy atom. The Hall–Kier alpha value is -1.76. The van der Waals surface area contributed by atoms with Gasteiger partial charge in [-0.3, -0.25) is 0 Å². The van der Waals surface area contributed by atoms with E-state index in [1.165, 1.54) is 37.7 Å². The van der Waals surface area contributed by atoms with Crippen LogP contribution in [0.1, 0.15) is 37.7 Å². The molecule has 0 amide bonds. The maximum atomic E-state index is 5.81. The fourth-order valence-electron chi connectivity index (χ4n) is 2.65. The van der Waals surface area contributed by atoms with Gasteiger partial charge in [-0.2, -0.15) is 0 Å². The van der Waals surface area contributed by atoms with Crippen LogP contribution in [0.4, 0.5) is 0 Å². The summed E-state index contributed by atoms with van der Waals surface area (Å²) in [6, 6.07) is 18.5. The maximum Gasteiger partial charge on any atom is 0.127 e. The highest BCUT2D eigenvalue weighted by Gasteiger charge is 2.15. The predicted octanol–water partition coefficient (Wildman–Crippen LogP) is 5.37. The minimum absolute atomic E-state index is 0.889. The van der Waals surface area contributed by atoms with Crippen LogP contribution in [0.3, 0.4) is 0 Å². The van der Waals surface area contributed by atoms with Gasteiger partial charge in [0.25, 0.3) is 0 Å². The first-order chi connectivity index (χ1) is 9.42. The van der Waals surface area contributed by atoms with Gasteiger partial charge in [0.2, 0.25) is 0 Å². The molecule has 0 saturated heterocycles. The predicted molar refractivity (Wildman–Crippen MR) is 78.4 cm³/mol. The quantitative estimate of drug-likeness (QED) is 0.713. The van der Waals surface area contributed by atoms with E-state index in [9.17, 15) is 0 Å². The Labute approximate surface area is 115 Å². The van der Waals surface area contributed by atoms with E-state index in [1.54, 1.807) is 5.92 Å². The first-order valence-electron chi connectivity index (χ1n) is 7.10. The van der Waals surface area contributed by atoms with Crippen LogP contribution < -0.4 is 4.74 Å². The Morgan fingerprint density at radius 2 is 1.26 bits per heavy atom. The fraction of sp³-hybridized carbons (Fsp3) is 0.278. The molecule has 3 rings (SSSR count). The molecule has 0 spiro atoms. The Morgan fingerprint density at radius 3 is 1.95 bits per heavy atom. The lowest BCUT2D eigenvalue weighted by molar-refractivity contribution is 0.482. The Balaban J connectivity index is 1.68. The number of ether oxygens (including phenoxy) is 1. The van der Waals surface area contributed by atoms with Gasteiger partial charge in [-0.05, 0) is 42.7 Å². The molecule has 0 heterocycles. The van der Waals surface area contributed by atoms with Crippen LogP contribution >= 0.6 is 0 Å². The molecular weight excluding hydrogens is 232 g/mol. The summed E-state index contributed by atoms with van der Waals surface area (Å²) < 4.78 is 5.81. The fourth-order valence-corrected chi connectivity index (χ4v) is 2.65. The lowest BCUT2D eigenvalue weighted by atomic mass is 9.84. The molecule has 0 aliphatic heterocycles. The molecule has 1 saturated carbocycles. The molecule has 0 aromatic heterocycles. The molecule has 0 bridgehead atoms. The van der Waals surface area contributed by atoms with Gasteiger partial charge >= 0.3 is 0 Å². The summed E-state index contributed by atoms with van der Waals surface area (Å²) in [4.78, 5) is 0. The zero-order valence-corrected chi connectivity index (χ0v) is 11.1. The van der Waals surface area contributed by atoms with Crippen LogP contribution in [-0.2, 0) is 0 Å². The molecule has 0 unspecified atom stereocenters. The average Bonchev–Trinajstić information content (AvgIpc) is 2.50. The molecule has 19 heavy (non-hydrogen) atoms. The van der Waals surface area contributed by atoms with E-state index in [0.29, 0.717) is 0 Å². The van der Waals surface area contributed by atoms with E-state index in [-0.39, 0.29) is 0 Å². The van der Waals surface area contributed by atoms with Crippen LogP contribution in [0.5, 0.6) is 11.5 Å². The first-order valence-corrected chi connectivity index (χ1v) is 7.10. The molecule has 1 aliphatic rings. The number of hydrogen-bond acceptors (Lipinski definition) is 1. The zero-order chi connectivity index (χ0) is 12.9. The van der Waals surface area contributed by atoms with Crippen LogP contribution in [0.2, 0.25) is 0 Å². The van der Waals surface area contributed by atoms with Crippen molar-refractivity contribution in [2.24, 2.45) is 0 Å². The normalized spacial score (nSPS) is 16.2. The van der Waals surface area contributed by atoms with Crippen molar-refractivity contribution in [3.8, 4) is 11.5 Å². The summed E-state index contributed by atoms with van der Waals surface area (Å²) in [5.41, 5.74) is 1.39. The van der Waals surface area contributed by atoms with Gasteiger partial charge in [-0.15, -0.1) is 0 Å². The highest BCUT2D eigenvalue weighted by atomic mass is 16.5. The van der Waals surface area contributed by atoms with Crippen LogP contribution in [0, 0.1) is 5.92 Å². The van der Waals surface area contributed by atoms with Gasteiger partial charge in [0.1, 0.15) is 11.5 Å². The Bertz CT molecular complexity index is 495. The summed E-state index contributed by atoms with van der Waals surface area (Å²) in [5, 5.41) is 0. The van der Waals surface area contributed by atoms with Crippen molar-refractivity contribution in [3.63, 3.8) is 0 Å². The highest BCUT2D eigenvalue weighted by molar-refractivity contribution is 5.38. The first kappa shape index (κ1) is 12.3. The molecule has 0 atom stereocenters. The van der Waals surface area contributed by atoms with Crippen molar-refractivity contribution in [1.82, 2.24) is 0 Å². The molecule has 1 aliphatic carbocycles. The van der Waals surface area contributed by atoms with Crippen molar-refractivity contribution in [2.45, 2.75) is 32.1 Å². The number of rotatable bonds is 3. The van der Waals surface area contributed by atoms with E-state index < -0.39 is 0 Å². The second-order valence-electron chi connectivity index (χ2n) is 5.10. The summed E-state index contributed by atoms with van der Waals surface area (Å²) >= 11 is 0. The summed E-state index contributed by atoms with van der Waals surface area (Å²) in [6.45, 7) is 0. The van der Waals surface area contributed by atoms with Gasteiger partial charge in [0, 0.05) is 5.92 Å². The molecule has 1 fully saturated rings. The molecule has 1 nitrogen and oxygen atoms in total. The smallest absolute Gasteiger partial charge is 0.127 e. The van der Waals surface area contributed by atoms with Crippen LogP contribution in [0.25, 0.3) is 0 Å². The third-order valence-corrected chi connectivity index (χ3v) is 3.70. The third kappa shape index (κ3) is 3.17. The standard InChI is InChI=1S/C18H19O/c1-3-7-15(8-4-1)16-11-13-18(14-12-16)19-17-9-5-2-6-10-17/h2,5-6,9-14H,1,3-4,7-8H2. The lowest BCUT2D eigenvalue weighted by Gasteiger charge is -2.21. The van der Waals surface area contributed by atoms with Crippen molar-refractivity contribution in [1.29, 1.82) is 0 Å². The SMILES string of the molecule is c1ccc(Oc2ccc([C]3CCCCC3)cc2)cc1. The Kier molecular flexibility index (Phi) is 3.83. The molecule has 97 valence electrons. The molecular formula is C18H19O. The number of para-hydroxylation sites is 1. The topological polar surface area (TPSA) is 9.23 Å². The monoisotopic (exact) mass is 251 g/mol. The van der Waals surface area contributed by atoms with Crippen LogP contribution in [0.15, 0.2) is 54.6 Å². The van der Waals surface area contributed by atoms with Crippen molar-refractivity contribution < 1.29 is 4.74 Å². The van der Waals surface area contributed by atoms with E-state index in [1.807, 2.05) is 30.3 Å². The molecule has 0 N–H and O–H groups in total. The second-order valence-corrected chi connectivity index (χ2v) is 5.10. The van der Waals surface area contributed by atoms with Gasteiger partial charge in [-0.1, -0.05) is 49.6 Å². The van der Waals surface area contributed by atoms with E-state index in [2.05, 4.69) is 24.3 Å². The second kappa shape index (κ2) is 5.92. The summed E-state index contributed by atoms with van der Waals surface area (Å²) in [7, 11) is 0. The third-order valence-electron chi connectivity index (χ3n) is 3.70. The molecule has 2 aromatic carbocycles. The average molecular weight is 251 g/mol. The van der Waals surface area contributed by atoms with Crippen molar-refractivity contribution in [3.05, 3.63) is 66.1 Å². The largest absolute Gasteiger partial charge is 0.457 e. The van der Waals surface area contributed by atoms with Crippen molar-refractivity contribution >= 4 is 0 Å². The van der Waals surface area contributed by atoms with Crippen molar-refractivity contribution in [2.75, 3.05) is 0 Å². The summed E-state index contributed by atoms with van der Waals surface area (Å²) in [6.07, 6.45) is 6.60. The minimum Gasteiger partial charge on any atom is -0.457 e. The van der Waals surface area contributed by atoms with Gasteiger partial charge in [0.15, 0.2) is 0 Å². The lowest BCUT2D eigenvalue weighted by Crippen LogP contribution is -2.05. The summed E-state index contributed by atoms with van der Waals surface area (Å²) in [5.74, 6) is 3.41. The van der Waals surface area contributed by atoms with Gasteiger partial charge in [-0.25, -0.2) is 0 Å². The van der Waals surface area contributed by atoms with E-state index in [4.69, 9.17) is 4.74 Å². The molecule has 2 aromatic rings. The zero-order valence-electron chi connectivity index (χ0n) is 11.1. The maximum absolute atomic E-state index is 5.81. The number of benzene rings is 2. The van der Waals surface area contributed by atoms with Gasteiger partial charge < -0.3 is 4.74 Å². The molecule has 1 radical (unpaired) electrons.